The Morgan fingerprint density at radius 3 is 1.35 bits per heavy atom. The summed E-state index contributed by atoms with van der Waals surface area (Å²) in [5, 5.41) is 0. The maximum absolute atomic E-state index is 5.93. The minimum atomic E-state index is -1.81. The highest BCUT2D eigenvalue weighted by Crippen LogP contribution is 2.53. The third-order valence-electron chi connectivity index (χ3n) is 4.68. The first-order valence-electron chi connectivity index (χ1n) is 11.4. The van der Waals surface area contributed by atoms with Gasteiger partial charge in [-0.05, 0) is 33.1 Å². The van der Waals surface area contributed by atoms with Crippen molar-refractivity contribution in [3.63, 3.8) is 0 Å². The Morgan fingerprint density at radius 2 is 0.962 bits per heavy atom. The van der Waals surface area contributed by atoms with Crippen molar-refractivity contribution in [2.45, 2.75) is 112 Å². The van der Waals surface area contributed by atoms with E-state index < -0.39 is 10.9 Å². The predicted molar refractivity (Wildman–Crippen MR) is 118 cm³/mol. The van der Waals surface area contributed by atoms with Crippen molar-refractivity contribution in [2.24, 2.45) is 5.92 Å². The molecule has 0 aliphatic rings. The molecule has 0 spiro atoms. The fraction of sp³-hybridized carbons (Fsp3) is 1.00. The van der Waals surface area contributed by atoms with E-state index in [0.717, 1.165) is 5.75 Å². The number of hydrogen-bond donors (Lipinski definition) is 0. The molecule has 1 unspecified atom stereocenters. The molecule has 0 radical (unpaired) electrons. The van der Waals surface area contributed by atoms with Crippen LogP contribution in [0.4, 0.5) is 0 Å². The SMILES string of the molecule is CCCCCCCCCCCCCC(C)CS(OCC)(OCC)OCC. The zero-order valence-corrected chi connectivity index (χ0v) is 19.3. The van der Waals surface area contributed by atoms with Gasteiger partial charge in [0.1, 0.15) is 0 Å². The van der Waals surface area contributed by atoms with Crippen LogP contribution in [-0.2, 0) is 12.5 Å². The maximum atomic E-state index is 5.93. The highest BCUT2D eigenvalue weighted by atomic mass is 32.3. The lowest BCUT2D eigenvalue weighted by Crippen LogP contribution is -2.20. The standard InChI is InChI=1S/C22H48O3S/c1-6-10-11-12-13-14-15-16-17-18-19-20-22(5)21-26(23-7-2,24-8-3)25-9-4/h22H,6-21H2,1-5H3. The third-order valence-corrected chi connectivity index (χ3v) is 7.44. The van der Waals surface area contributed by atoms with E-state index in [9.17, 15) is 0 Å². The van der Waals surface area contributed by atoms with E-state index in [1.54, 1.807) is 0 Å². The van der Waals surface area contributed by atoms with E-state index in [1.807, 2.05) is 20.8 Å². The lowest BCUT2D eigenvalue weighted by atomic mass is 10.0. The quantitative estimate of drug-likeness (QED) is 0.196. The van der Waals surface area contributed by atoms with Crippen molar-refractivity contribution in [1.82, 2.24) is 0 Å². The summed E-state index contributed by atoms with van der Waals surface area (Å²) in [6.45, 7) is 12.6. The summed E-state index contributed by atoms with van der Waals surface area (Å²) < 4.78 is 17.8. The molecule has 0 aliphatic heterocycles. The summed E-state index contributed by atoms with van der Waals surface area (Å²) in [5.41, 5.74) is 0. The molecule has 4 heteroatoms. The molecule has 3 nitrogen and oxygen atoms in total. The molecule has 26 heavy (non-hydrogen) atoms. The second-order valence-electron chi connectivity index (χ2n) is 7.37. The molecule has 1 atom stereocenters. The third kappa shape index (κ3) is 14.3. The molecule has 0 N–H and O–H groups in total. The fourth-order valence-corrected chi connectivity index (χ4v) is 5.81. The van der Waals surface area contributed by atoms with E-state index in [4.69, 9.17) is 12.5 Å². The minimum absolute atomic E-state index is 0.591. The van der Waals surface area contributed by atoms with Gasteiger partial charge in [-0.1, -0.05) is 84.5 Å². The molecule has 0 fully saturated rings. The van der Waals surface area contributed by atoms with Crippen LogP contribution < -0.4 is 0 Å². The second kappa shape index (κ2) is 18.6. The normalized spacial score (nSPS) is 13.9. The molecule has 0 aromatic rings. The van der Waals surface area contributed by atoms with Crippen molar-refractivity contribution >= 4 is 10.9 Å². The first-order chi connectivity index (χ1) is 12.6. The minimum Gasteiger partial charge on any atom is -0.293 e. The van der Waals surface area contributed by atoms with E-state index in [0.29, 0.717) is 25.7 Å². The lowest BCUT2D eigenvalue weighted by molar-refractivity contribution is 0.182. The molecule has 160 valence electrons. The van der Waals surface area contributed by atoms with E-state index in [2.05, 4.69) is 13.8 Å². The molecular formula is C22H48O3S. The van der Waals surface area contributed by atoms with Crippen molar-refractivity contribution in [2.75, 3.05) is 25.6 Å². The molecular weight excluding hydrogens is 344 g/mol. The van der Waals surface area contributed by atoms with Crippen molar-refractivity contribution in [3.05, 3.63) is 0 Å². The Kier molecular flexibility index (Phi) is 18.8. The average Bonchev–Trinajstić information content (AvgIpc) is 2.60. The van der Waals surface area contributed by atoms with Crippen molar-refractivity contribution in [3.8, 4) is 0 Å². The largest absolute Gasteiger partial charge is 0.293 e. The number of rotatable bonds is 20. The van der Waals surface area contributed by atoms with E-state index in [1.165, 1.54) is 77.0 Å². The zero-order valence-electron chi connectivity index (χ0n) is 18.5. The van der Waals surface area contributed by atoms with Crippen LogP contribution in [0.1, 0.15) is 112 Å². The predicted octanol–water partition coefficient (Wildman–Crippen LogP) is 7.98. The van der Waals surface area contributed by atoms with Gasteiger partial charge in [-0.2, -0.15) is 0 Å². The zero-order chi connectivity index (χ0) is 19.5. The van der Waals surface area contributed by atoms with Gasteiger partial charge in [-0.15, -0.1) is 0 Å². The van der Waals surface area contributed by atoms with Gasteiger partial charge < -0.3 is 0 Å². The van der Waals surface area contributed by atoms with Crippen LogP contribution in [0.15, 0.2) is 0 Å². The Balaban J connectivity index is 3.77. The molecule has 0 amide bonds. The molecule has 0 aliphatic carbocycles. The average molecular weight is 393 g/mol. The van der Waals surface area contributed by atoms with Gasteiger partial charge in [0.2, 0.25) is 0 Å². The first-order valence-corrected chi connectivity index (χ1v) is 13.0. The Hall–Kier alpha value is 0.230. The first kappa shape index (κ1) is 26.2. The van der Waals surface area contributed by atoms with Gasteiger partial charge in [0.15, 0.2) is 0 Å². The Bertz CT molecular complexity index is 270. The molecule has 0 saturated heterocycles. The van der Waals surface area contributed by atoms with Crippen LogP contribution in [0, 0.1) is 5.92 Å². The van der Waals surface area contributed by atoms with Gasteiger partial charge >= 0.3 is 0 Å². The summed E-state index contributed by atoms with van der Waals surface area (Å²) in [4.78, 5) is 0. The van der Waals surface area contributed by atoms with Crippen LogP contribution in [0.3, 0.4) is 0 Å². The van der Waals surface area contributed by atoms with Crippen LogP contribution in [0.5, 0.6) is 0 Å². The Labute approximate surface area is 166 Å². The van der Waals surface area contributed by atoms with Gasteiger partial charge in [0.05, 0.1) is 30.7 Å². The smallest absolute Gasteiger partial charge is 0.0889 e. The molecule has 0 rings (SSSR count). The fourth-order valence-electron chi connectivity index (χ4n) is 3.37. The topological polar surface area (TPSA) is 27.7 Å². The molecule has 0 aromatic carbocycles. The van der Waals surface area contributed by atoms with Gasteiger partial charge in [0.25, 0.3) is 0 Å². The van der Waals surface area contributed by atoms with Gasteiger partial charge in [-0.3, -0.25) is 12.5 Å². The maximum Gasteiger partial charge on any atom is 0.0889 e. The van der Waals surface area contributed by atoms with Crippen LogP contribution in [-0.4, -0.2) is 25.6 Å². The molecule has 0 aromatic heterocycles. The van der Waals surface area contributed by atoms with Crippen LogP contribution in [0.25, 0.3) is 0 Å². The van der Waals surface area contributed by atoms with Crippen molar-refractivity contribution in [1.29, 1.82) is 0 Å². The van der Waals surface area contributed by atoms with E-state index >= 15 is 0 Å². The molecule has 0 heterocycles. The van der Waals surface area contributed by atoms with Gasteiger partial charge in [-0.25, -0.2) is 0 Å². The molecule has 0 saturated carbocycles. The number of unbranched alkanes of at least 4 members (excludes halogenated alkanes) is 10. The number of hydrogen-bond acceptors (Lipinski definition) is 3. The highest BCUT2D eigenvalue weighted by Gasteiger charge is 2.28. The second-order valence-corrected chi connectivity index (χ2v) is 9.53. The van der Waals surface area contributed by atoms with Crippen molar-refractivity contribution < 1.29 is 12.5 Å². The Morgan fingerprint density at radius 1 is 0.577 bits per heavy atom. The summed E-state index contributed by atoms with van der Waals surface area (Å²) >= 11 is 0. The van der Waals surface area contributed by atoms with Crippen LogP contribution >= 0.6 is 10.9 Å². The van der Waals surface area contributed by atoms with Crippen LogP contribution in [0.2, 0.25) is 0 Å². The summed E-state index contributed by atoms with van der Waals surface area (Å²) in [5.74, 6) is 1.49. The molecule has 0 bridgehead atoms. The van der Waals surface area contributed by atoms with E-state index in [-0.39, 0.29) is 0 Å². The van der Waals surface area contributed by atoms with Gasteiger partial charge in [0, 0.05) is 5.75 Å². The monoisotopic (exact) mass is 392 g/mol. The highest BCUT2D eigenvalue weighted by molar-refractivity contribution is 8.21. The summed E-state index contributed by atoms with van der Waals surface area (Å²) in [6.07, 6.45) is 16.7. The summed E-state index contributed by atoms with van der Waals surface area (Å²) in [7, 11) is -1.81. The lowest BCUT2D eigenvalue weighted by Gasteiger charge is -2.38. The summed E-state index contributed by atoms with van der Waals surface area (Å²) in [6, 6.07) is 0.